The molecule has 1 aromatic heterocycles. The first-order valence-electron chi connectivity index (χ1n) is 8.30. The van der Waals surface area contributed by atoms with Gasteiger partial charge in [-0.25, -0.2) is 21.5 Å². The molecule has 0 radical (unpaired) electrons. The summed E-state index contributed by atoms with van der Waals surface area (Å²) in [6.07, 6.45) is 0.980. The van der Waals surface area contributed by atoms with Gasteiger partial charge in [-0.05, 0) is 54.1 Å². The molecule has 16 heteroatoms. The number of azo groups is 1. The third kappa shape index (κ3) is 7.54. The second-order valence-corrected chi connectivity index (χ2v) is 11.4. The van der Waals surface area contributed by atoms with Gasteiger partial charge in [0, 0.05) is 17.0 Å². The van der Waals surface area contributed by atoms with Crippen LogP contribution in [0.15, 0.2) is 62.5 Å². The van der Waals surface area contributed by atoms with Crippen LogP contribution in [0, 0.1) is 6.92 Å². The summed E-state index contributed by atoms with van der Waals surface area (Å²) in [6.45, 7) is 1.49. The van der Waals surface area contributed by atoms with Crippen molar-refractivity contribution < 1.29 is 78.5 Å². The van der Waals surface area contributed by atoms with Gasteiger partial charge < -0.3 is 14.8 Å². The summed E-state index contributed by atoms with van der Waals surface area (Å²) in [7, 11) is -7.96. The van der Waals surface area contributed by atoms with Crippen LogP contribution < -0.4 is 39.8 Å². The van der Waals surface area contributed by atoms with E-state index in [0.29, 0.717) is 0 Å². The minimum absolute atomic E-state index is 0. The Hall–Kier alpha value is -1.41. The molecule has 0 bridgehead atoms. The Morgan fingerprint density at radius 3 is 2.15 bits per heavy atom. The van der Waals surface area contributed by atoms with Crippen LogP contribution in [-0.4, -0.2) is 37.4 Å². The van der Waals surface area contributed by atoms with Crippen molar-refractivity contribution in [3.63, 3.8) is 0 Å². The van der Waals surface area contributed by atoms with Gasteiger partial charge in [0.25, 0.3) is 0 Å². The predicted molar refractivity (Wildman–Crippen MR) is 106 cm³/mol. The molecule has 0 aliphatic rings. The van der Waals surface area contributed by atoms with Crippen molar-refractivity contribution in [3.8, 4) is 17.3 Å². The second-order valence-electron chi connectivity index (χ2n) is 6.24. The van der Waals surface area contributed by atoms with Crippen LogP contribution in [0.3, 0.4) is 0 Å². The summed E-state index contributed by atoms with van der Waals surface area (Å²) in [5.41, 5.74) is 0.0614. The first-order valence-corrected chi connectivity index (χ1v) is 12.9. The van der Waals surface area contributed by atoms with Crippen molar-refractivity contribution in [2.45, 2.75) is 16.7 Å². The van der Waals surface area contributed by atoms with Crippen LogP contribution in [-0.2, 0) is 36.3 Å². The zero-order valence-electron chi connectivity index (χ0n) is 17.3. The number of nitrogens with zero attached hydrogens (tertiary/aromatic N) is 4. The van der Waals surface area contributed by atoms with Crippen molar-refractivity contribution in [2.24, 2.45) is 10.2 Å². The molecule has 0 aliphatic carbocycles. The molecule has 1 heterocycles. The smallest absolute Gasteiger partial charge is 0.871 e. The summed E-state index contributed by atoms with van der Waals surface area (Å²) < 4.78 is 56.7. The van der Waals surface area contributed by atoms with E-state index in [1.54, 1.807) is 0 Å². The summed E-state index contributed by atoms with van der Waals surface area (Å²) in [6, 6.07) is 8.73. The number of aryl methyl sites for hydroxylation is 1. The minimum Gasteiger partial charge on any atom is -0.871 e. The molecule has 0 saturated heterocycles. The quantitative estimate of drug-likeness (QED) is 0.154. The van der Waals surface area contributed by atoms with E-state index in [1.807, 2.05) is 0 Å². The fraction of sp³-hybridized carbons (Fsp3) is 0.118. The zero-order valence-corrected chi connectivity index (χ0v) is 23.0. The number of hydrogen-bond donors (Lipinski definition) is 0. The van der Waals surface area contributed by atoms with Crippen molar-refractivity contribution in [3.05, 3.63) is 48.2 Å². The Labute approximate surface area is 226 Å². The van der Waals surface area contributed by atoms with E-state index in [0.717, 1.165) is 29.1 Å². The van der Waals surface area contributed by atoms with E-state index in [9.17, 15) is 31.6 Å². The fourth-order valence-corrected chi connectivity index (χ4v) is 4.62. The maximum absolute atomic E-state index is 12.7. The van der Waals surface area contributed by atoms with Crippen molar-refractivity contribution in [1.29, 1.82) is 0 Å². The molecule has 3 rings (SSSR count). The van der Waals surface area contributed by atoms with Gasteiger partial charge in [0.1, 0.15) is 5.69 Å². The molecule has 3 aromatic rings. The van der Waals surface area contributed by atoms with Crippen molar-refractivity contribution >= 4 is 41.2 Å². The third-order valence-corrected chi connectivity index (χ3v) is 6.85. The summed E-state index contributed by atoms with van der Waals surface area (Å²) >= 11 is 0. The van der Waals surface area contributed by atoms with Crippen molar-refractivity contribution in [2.75, 3.05) is 6.26 Å². The average Bonchev–Trinajstić information content (AvgIpc) is 2.93. The third-order valence-electron chi connectivity index (χ3n) is 3.88. The van der Waals surface area contributed by atoms with Crippen LogP contribution >= 0.6 is 10.8 Å². The zero-order chi connectivity index (χ0) is 23.0. The van der Waals surface area contributed by atoms with E-state index in [1.165, 1.54) is 31.2 Å². The Balaban J connectivity index is 0.00000272. The van der Waals surface area contributed by atoms with Gasteiger partial charge in [-0.15, -0.1) is 5.11 Å². The normalized spacial score (nSPS) is 11.7. The molecule has 0 N–H and O–H groups in total. The van der Waals surface area contributed by atoms with E-state index < -0.39 is 30.6 Å². The van der Waals surface area contributed by atoms with Gasteiger partial charge in [-0.1, -0.05) is 11.8 Å². The van der Waals surface area contributed by atoms with E-state index in [2.05, 4.69) is 15.3 Å². The number of benzene rings is 2. The number of hydrogen-bond acceptors (Lipinski definition) is 11. The van der Waals surface area contributed by atoms with E-state index >= 15 is 0 Å². The molecule has 0 spiro atoms. The molecular weight excluding hydrogens is 543 g/mol. The van der Waals surface area contributed by atoms with Gasteiger partial charge in [0.2, 0.25) is 0 Å². The maximum Gasteiger partial charge on any atom is 2.00 e. The number of rotatable bonds is 6. The van der Waals surface area contributed by atoms with Crippen LogP contribution in [0.4, 0.5) is 11.4 Å². The standard InChI is InChI=1S/C17H16N4O7S3.Cr.Na/c1-10-16(19-18-14-9-13(30(2,24)25)7-8-15(14)22)17(23)21(20-10)11-3-5-12(6-4-11)29-31(26,27)28;;/h3-9,22-23H,1-2H3,(H,26,27,28);;/q;+2;+1/p-3. The molecule has 0 atom stereocenters. The van der Waals surface area contributed by atoms with Gasteiger partial charge >= 0.3 is 46.9 Å². The fourth-order valence-electron chi connectivity index (χ4n) is 2.46. The Kier molecular flexibility index (Phi) is 10.2. The number of sulfone groups is 1. The Morgan fingerprint density at radius 2 is 1.61 bits per heavy atom. The minimum atomic E-state index is -4.52. The first kappa shape index (κ1) is 29.6. The molecule has 0 amide bonds. The topological polar surface area (TPSA) is 180 Å². The van der Waals surface area contributed by atoms with Gasteiger partial charge in [-0.2, -0.15) is 10.2 Å². The molecule has 168 valence electrons. The molecule has 0 fully saturated rings. The largest absolute Gasteiger partial charge is 2.00 e. The molecule has 2 aromatic carbocycles. The second kappa shape index (κ2) is 11.3. The molecular formula is C17H13CrN4NaO7S3. The van der Waals surface area contributed by atoms with Gasteiger partial charge in [0.15, 0.2) is 19.0 Å². The molecule has 0 aliphatic heterocycles. The number of aromatic nitrogens is 2. The molecule has 0 saturated carbocycles. The van der Waals surface area contributed by atoms with Gasteiger partial charge in [-0.3, -0.25) is 0 Å². The van der Waals surface area contributed by atoms with Gasteiger partial charge in [0.05, 0.1) is 22.0 Å². The van der Waals surface area contributed by atoms with Crippen molar-refractivity contribution in [1.82, 2.24) is 9.78 Å². The van der Waals surface area contributed by atoms with Crippen LogP contribution in [0.2, 0.25) is 0 Å². The Bertz CT molecular complexity index is 1390. The monoisotopic (exact) mass is 556 g/mol. The van der Waals surface area contributed by atoms with E-state index in [-0.39, 0.29) is 90.3 Å². The predicted octanol–water partition coefficient (Wildman–Crippen LogP) is -1.30. The SMILES string of the molecule is Cc1nn(-c2ccc(SS(=O)(=O)[O-])cc2)c([O-])c1N=Nc1cc(S(C)(=O)=O)ccc1[O-].[Cr+2].[Na+]. The molecule has 11 nitrogen and oxygen atoms in total. The van der Waals surface area contributed by atoms with Crippen LogP contribution in [0.1, 0.15) is 5.69 Å². The molecule has 33 heavy (non-hydrogen) atoms. The first-order chi connectivity index (χ1) is 14.3. The summed E-state index contributed by atoms with van der Waals surface area (Å²) in [5.74, 6) is -1.24. The van der Waals surface area contributed by atoms with E-state index in [4.69, 9.17) is 0 Å². The summed E-state index contributed by atoms with van der Waals surface area (Å²) in [4.78, 5) is 0.0533. The molecule has 0 unspecified atom stereocenters. The Morgan fingerprint density at radius 1 is 1.00 bits per heavy atom. The van der Waals surface area contributed by atoms with Crippen LogP contribution in [0.5, 0.6) is 11.6 Å². The maximum atomic E-state index is 12.7. The average molecular weight is 556 g/mol. The summed E-state index contributed by atoms with van der Waals surface area (Å²) in [5, 5.41) is 36.2. The van der Waals surface area contributed by atoms with Crippen LogP contribution in [0.25, 0.3) is 5.69 Å².